The number of nitrogens with one attached hydrogen (secondary N) is 1. The summed E-state index contributed by atoms with van der Waals surface area (Å²) in [6.45, 7) is 0.681. The molecule has 0 saturated carbocycles. The van der Waals surface area contributed by atoms with Crippen molar-refractivity contribution in [3.05, 3.63) is 24.3 Å². The molecule has 0 aliphatic carbocycles. The third-order valence-corrected chi connectivity index (χ3v) is 3.41. The molecule has 0 spiro atoms. The number of amides is 1. The molecule has 0 bridgehead atoms. The Labute approximate surface area is 122 Å². The standard InChI is InChI=1S/C14H20F2N2OS/c15-14(16)20-12-7-5-6-11(10-12)18-13(19)8-3-1-2-4-9-17/h5-7,10,14H,1-4,8-9,17H2,(H,18,19). The van der Waals surface area contributed by atoms with Gasteiger partial charge in [0.25, 0.3) is 5.76 Å². The molecule has 0 saturated heterocycles. The van der Waals surface area contributed by atoms with Crippen molar-refractivity contribution in [2.24, 2.45) is 5.73 Å². The average molecular weight is 302 g/mol. The maximum Gasteiger partial charge on any atom is 0.288 e. The van der Waals surface area contributed by atoms with Crippen molar-refractivity contribution in [1.82, 2.24) is 0 Å². The van der Waals surface area contributed by atoms with E-state index in [4.69, 9.17) is 5.73 Å². The first-order valence-electron chi connectivity index (χ1n) is 6.66. The minimum atomic E-state index is -2.46. The maximum atomic E-state index is 12.2. The first-order valence-corrected chi connectivity index (χ1v) is 7.54. The summed E-state index contributed by atoms with van der Waals surface area (Å²) in [5, 5.41) is 2.72. The third kappa shape index (κ3) is 7.45. The molecule has 1 amide bonds. The van der Waals surface area contributed by atoms with E-state index in [0.29, 0.717) is 35.3 Å². The molecule has 3 N–H and O–H groups in total. The fraction of sp³-hybridized carbons (Fsp3) is 0.500. The maximum absolute atomic E-state index is 12.2. The number of unbranched alkanes of at least 4 members (excludes halogenated alkanes) is 3. The molecule has 0 aliphatic rings. The van der Waals surface area contributed by atoms with E-state index in [2.05, 4.69) is 5.32 Å². The number of thioether (sulfide) groups is 1. The van der Waals surface area contributed by atoms with Gasteiger partial charge in [-0.15, -0.1) is 0 Å². The first kappa shape index (κ1) is 16.9. The van der Waals surface area contributed by atoms with Gasteiger partial charge in [-0.1, -0.05) is 30.7 Å². The summed E-state index contributed by atoms with van der Waals surface area (Å²) in [7, 11) is 0. The second-order valence-electron chi connectivity index (χ2n) is 4.41. The molecule has 0 atom stereocenters. The van der Waals surface area contributed by atoms with Gasteiger partial charge in [0.15, 0.2) is 0 Å². The van der Waals surface area contributed by atoms with Crippen molar-refractivity contribution in [2.75, 3.05) is 11.9 Å². The van der Waals surface area contributed by atoms with E-state index in [1.165, 1.54) is 0 Å². The van der Waals surface area contributed by atoms with Gasteiger partial charge in [-0.25, -0.2) is 0 Å². The van der Waals surface area contributed by atoms with E-state index in [1.807, 2.05) is 0 Å². The second kappa shape index (κ2) is 9.72. The van der Waals surface area contributed by atoms with Crippen LogP contribution in [0.2, 0.25) is 0 Å². The summed E-state index contributed by atoms with van der Waals surface area (Å²) in [6.07, 6.45) is 4.25. The average Bonchev–Trinajstić information content (AvgIpc) is 2.38. The number of benzene rings is 1. The van der Waals surface area contributed by atoms with Crippen LogP contribution in [0.5, 0.6) is 0 Å². The van der Waals surface area contributed by atoms with E-state index in [-0.39, 0.29) is 5.91 Å². The highest BCUT2D eigenvalue weighted by molar-refractivity contribution is 7.99. The normalized spacial score (nSPS) is 10.8. The van der Waals surface area contributed by atoms with Crippen LogP contribution in [-0.4, -0.2) is 18.2 Å². The molecule has 112 valence electrons. The first-order chi connectivity index (χ1) is 9.61. The molecule has 0 radical (unpaired) electrons. The van der Waals surface area contributed by atoms with E-state index < -0.39 is 5.76 Å². The SMILES string of the molecule is NCCCCCCC(=O)Nc1cccc(SC(F)F)c1. The van der Waals surface area contributed by atoms with Gasteiger partial charge < -0.3 is 11.1 Å². The van der Waals surface area contributed by atoms with Gasteiger partial charge in [0.2, 0.25) is 5.91 Å². The van der Waals surface area contributed by atoms with Gasteiger partial charge in [-0.2, -0.15) is 8.78 Å². The number of anilines is 1. The molecular weight excluding hydrogens is 282 g/mol. The largest absolute Gasteiger partial charge is 0.330 e. The smallest absolute Gasteiger partial charge is 0.288 e. The van der Waals surface area contributed by atoms with Crippen molar-refractivity contribution in [1.29, 1.82) is 0 Å². The summed E-state index contributed by atoms with van der Waals surface area (Å²) >= 11 is 0.470. The Kier molecular flexibility index (Phi) is 8.22. The van der Waals surface area contributed by atoms with Gasteiger partial charge in [-0.3, -0.25) is 4.79 Å². The van der Waals surface area contributed by atoms with Crippen LogP contribution < -0.4 is 11.1 Å². The van der Waals surface area contributed by atoms with E-state index in [9.17, 15) is 13.6 Å². The summed E-state index contributed by atoms with van der Waals surface area (Å²) in [5.74, 6) is -2.54. The molecule has 0 aliphatic heterocycles. The van der Waals surface area contributed by atoms with Crippen LogP contribution in [0.1, 0.15) is 32.1 Å². The van der Waals surface area contributed by atoms with Gasteiger partial charge in [0, 0.05) is 17.0 Å². The number of alkyl halides is 2. The van der Waals surface area contributed by atoms with Crippen molar-refractivity contribution >= 4 is 23.4 Å². The van der Waals surface area contributed by atoms with Gasteiger partial charge in [-0.05, 0) is 37.6 Å². The van der Waals surface area contributed by atoms with Gasteiger partial charge >= 0.3 is 0 Å². The predicted molar refractivity (Wildman–Crippen MR) is 79.1 cm³/mol. The highest BCUT2D eigenvalue weighted by Crippen LogP contribution is 2.27. The molecule has 20 heavy (non-hydrogen) atoms. The van der Waals surface area contributed by atoms with Crippen molar-refractivity contribution in [2.45, 2.75) is 42.8 Å². The Morgan fingerprint density at radius 1 is 1.25 bits per heavy atom. The Morgan fingerprint density at radius 3 is 2.70 bits per heavy atom. The second-order valence-corrected chi connectivity index (χ2v) is 5.47. The van der Waals surface area contributed by atoms with E-state index in [0.717, 1.165) is 25.7 Å². The molecule has 3 nitrogen and oxygen atoms in total. The van der Waals surface area contributed by atoms with Crippen molar-refractivity contribution in [3.8, 4) is 0 Å². The summed E-state index contributed by atoms with van der Waals surface area (Å²) in [6, 6.07) is 6.51. The highest BCUT2D eigenvalue weighted by Gasteiger charge is 2.07. The molecule has 0 heterocycles. The number of halogens is 2. The lowest BCUT2D eigenvalue weighted by Gasteiger charge is -2.07. The van der Waals surface area contributed by atoms with Gasteiger partial charge in [0.1, 0.15) is 0 Å². The van der Waals surface area contributed by atoms with E-state index >= 15 is 0 Å². The molecule has 1 aromatic carbocycles. The number of carbonyl (C=O) groups excluding carboxylic acids is 1. The Balaban J connectivity index is 2.34. The van der Waals surface area contributed by atoms with Crippen molar-refractivity contribution in [3.63, 3.8) is 0 Å². The minimum absolute atomic E-state index is 0.0862. The Bertz CT molecular complexity index is 416. The lowest BCUT2D eigenvalue weighted by Crippen LogP contribution is -2.11. The summed E-state index contributed by atoms with van der Waals surface area (Å²) in [5.41, 5.74) is 5.94. The van der Waals surface area contributed by atoms with Crippen LogP contribution in [0.4, 0.5) is 14.5 Å². The lowest BCUT2D eigenvalue weighted by atomic mass is 10.1. The zero-order valence-corrected chi connectivity index (χ0v) is 12.1. The Hall–Kier alpha value is -1.14. The number of hydrogen-bond donors (Lipinski definition) is 2. The molecule has 6 heteroatoms. The number of rotatable bonds is 9. The quantitative estimate of drug-likeness (QED) is 0.538. The molecular formula is C14H20F2N2OS. The molecule has 1 rings (SSSR count). The minimum Gasteiger partial charge on any atom is -0.330 e. The van der Waals surface area contributed by atoms with E-state index in [1.54, 1.807) is 24.3 Å². The zero-order valence-electron chi connectivity index (χ0n) is 11.3. The number of carbonyl (C=O) groups is 1. The summed E-state index contributed by atoms with van der Waals surface area (Å²) in [4.78, 5) is 12.1. The van der Waals surface area contributed by atoms with Crippen LogP contribution in [-0.2, 0) is 4.79 Å². The summed E-state index contributed by atoms with van der Waals surface area (Å²) < 4.78 is 24.5. The lowest BCUT2D eigenvalue weighted by molar-refractivity contribution is -0.116. The number of hydrogen-bond acceptors (Lipinski definition) is 3. The van der Waals surface area contributed by atoms with Crippen molar-refractivity contribution < 1.29 is 13.6 Å². The fourth-order valence-corrected chi connectivity index (χ4v) is 2.31. The van der Waals surface area contributed by atoms with Crippen LogP contribution >= 0.6 is 11.8 Å². The molecule has 1 aromatic rings. The zero-order chi connectivity index (χ0) is 14.8. The van der Waals surface area contributed by atoms with Crippen LogP contribution in [0.25, 0.3) is 0 Å². The van der Waals surface area contributed by atoms with Gasteiger partial charge in [0.05, 0.1) is 0 Å². The molecule has 0 fully saturated rings. The van der Waals surface area contributed by atoms with Crippen LogP contribution in [0, 0.1) is 0 Å². The number of nitrogens with two attached hydrogens (primary N) is 1. The Morgan fingerprint density at radius 2 is 2.00 bits per heavy atom. The highest BCUT2D eigenvalue weighted by atomic mass is 32.2. The van der Waals surface area contributed by atoms with Crippen LogP contribution in [0.15, 0.2) is 29.2 Å². The monoisotopic (exact) mass is 302 g/mol. The fourth-order valence-electron chi connectivity index (χ4n) is 1.76. The predicted octanol–water partition coefficient (Wildman–Crippen LogP) is 3.85. The topological polar surface area (TPSA) is 55.1 Å². The molecule has 0 aromatic heterocycles. The molecule has 0 unspecified atom stereocenters. The van der Waals surface area contributed by atoms with Crippen LogP contribution in [0.3, 0.4) is 0 Å². The third-order valence-electron chi connectivity index (χ3n) is 2.70.